The molecule has 5 rings (SSSR count). The minimum absolute atomic E-state index is 0.0232. The molecule has 65 heavy (non-hydrogen) atoms. The molecule has 3 N–H and O–H groups in total. The Morgan fingerprint density at radius 1 is 0.892 bits per heavy atom. The fourth-order valence-electron chi connectivity index (χ4n) is 7.10. The summed E-state index contributed by atoms with van der Waals surface area (Å²) in [5.74, 6) is 0.122. The summed E-state index contributed by atoms with van der Waals surface area (Å²) < 4.78 is 49.6. The number of H-pyrrole nitrogens is 1. The zero-order chi connectivity index (χ0) is 46.4. The van der Waals surface area contributed by atoms with Gasteiger partial charge < -0.3 is 53.5 Å². The number of alkyl carbamates (subject to hydrolysis) is 1. The van der Waals surface area contributed by atoms with Gasteiger partial charge in [-0.15, -0.1) is 0 Å². The first-order valence-electron chi connectivity index (χ1n) is 22.6. The highest BCUT2D eigenvalue weighted by Gasteiger charge is 2.40. The second kappa shape index (κ2) is 26.3. The SMILES string of the molecule is CCCCOc1cccc2c1C(=O)OC[C@H](NC(=O)Cc1c[nH]c3ccccc13)[C@@H](OC/C=C/CNC(=O)OC(C)(C)C)[C@H](OCc1ccc(OC)cc1)[C@H](OCCCC)COC/C=C/2. The van der Waals surface area contributed by atoms with Crippen LogP contribution in [0, 0.1) is 0 Å². The number of hydrogen-bond acceptors (Lipinski definition) is 11. The third kappa shape index (κ3) is 16.4. The van der Waals surface area contributed by atoms with Crippen molar-refractivity contribution < 1.29 is 52.3 Å². The molecule has 0 bridgehead atoms. The molecule has 0 unspecified atom stereocenters. The first kappa shape index (κ1) is 50.3. The first-order chi connectivity index (χ1) is 31.5. The van der Waals surface area contributed by atoms with E-state index in [0.29, 0.717) is 30.3 Å². The predicted octanol–water partition coefficient (Wildman–Crippen LogP) is 8.52. The number of para-hydroxylation sites is 1. The van der Waals surface area contributed by atoms with E-state index in [1.165, 1.54) is 0 Å². The van der Waals surface area contributed by atoms with Gasteiger partial charge in [0.1, 0.15) is 47.6 Å². The molecule has 2 amide bonds. The number of methoxy groups -OCH3 is 1. The molecule has 352 valence electrons. The molecule has 1 aliphatic rings. The molecule has 0 aliphatic carbocycles. The van der Waals surface area contributed by atoms with Gasteiger partial charge in [0.15, 0.2) is 0 Å². The highest BCUT2D eigenvalue weighted by Crippen LogP contribution is 2.27. The van der Waals surface area contributed by atoms with E-state index in [-0.39, 0.29) is 57.5 Å². The van der Waals surface area contributed by atoms with Crippen molar-refractivity contribution in [2.24, 2.45) is 0 Å². The van der Waals surface area contributed by atoms with Crippen LogP contribution in [-0.4, -0.2) is 106 Å². The summed E-state index contributed by atoms with van der Waals surface area (Å²) in [5.41, 5.74) is 2.75. The number of aromatic amines is 1. The van der Waals surface area contributed by atoms with Crippen molar-refractivity contribution in [3.8, 4) is 11.5 Å². The van der Waals surface area contributed by atoms with Gasteiger partial charge in [-0.1, -0.05) is 93.5 Å². The standard InChI is InChI=1S/C51H67N3O11/c1-7-9-28-60-43-21-15-17-37-18-16-27-59-35-44(61-29-10-8-2)48(63-33-36-22-24-39(58-6)25-23-36)47(62-30-14-13-26-52-50(57)65-51(3,4)5)42(34-64-49(56)46(37)43)54-45(55)31-38-32-53-41-20-12-11-19-40(38)41/h11-25,32,42,44,47-48,53H,7-10,26-31,33-35H2,1-6H3,(H,52,57)(H,54,55)/b14-13+,18-16+/t42-,44+,47+,48+/m0/s1. The lowest BCUT2D eigenvalue weighted by molar-refractivity contribution is -0.168. The largest absolute Gasteiger partial charge is 0.497 e. The lowest BCUT2D eigenvalue weighted by atomic mass is 9.99. The van der Waals surface area contributed by atoms with Crippen LogP contribution in [0.2, 0.25) is 0 Å². The number of esters is 1. The number of cyclic esters (lactones) is 1. The molecule has 1 aliphatic heterocycles. The number of benzene rings is 3. The van der Waals surface area contributed by atoms with E-state index >= 15 is 0 Å². The third-order valence-corrected chi connectivity index (χ3v) is 10.4. The molecule has 2 heterocycles. The van der Waals surface area contributed by atoms with Crippen LogP contribution in [0.1, 0.15) is 87.4 Å². The summed E-state index contributed by atoms with van der Waals surface area (Å²) in [6.45, 7) is 10.7. The Morgan fingerprint density at radius 3 is 2.45 bits per heavy atom. The van der Waals surface area contributed by atoms with Gasteiger partial charge in [0.2, 0.25) is 5.91 Å². The van der Waals surface area contributed by atoms with E-state index in [9.17, 15) is 14.4 Å². The maximum Gasteiger partial charge on any atom is 0.407 e. The van der Waals surface area contributed by atoms with Crippen molar-refractivity contribution >= 4 is 34.9 Å². The van der Waals surface area contributed by atoms with Gasteiger partial charge in [-0.3, -0.25) is 4.79 Å². The predicted molar refractivity (Wildman–Crippen MR) is 250 cm³/mol. The molecule has 1 aromatic heterocycles. The van der Waals surface area contributed by atoms with Gasteiger partial charge in [-0.05, 0) is 74.6 Å². The smallest absolute Gasteiger partial charge is 0.407 e. The quantitative estimate of drug-likeness (QED) is 0.0443. The fraction of sp³-hybridized carbons (Fsp3) is 0.471. The summed E-state index contributed by atoms with van der Waals surface area (Å²) in [7, 11) is 1.61. The van der Waals surface area contributed by atoms with Gasteiger partial charge in [0.05, 0.1) is 52.6 Å². The first-order valence-corrected chi connectivity index (χ1v) is 22.6. The van der Waals surface area contributed by atoms with Gasteiger partial charge >= 0.3 is 12.1 Å². The molecule has 14 nitrogen and oxygen atoms in total. The molecule has 0 spiro atoms. The highest BCUT2D eigenvalue weighted by atomic mass is 16.6. The number of aromatic nitrogens is 1. The van der Waals surface area contributed by atoms with Gasteiger partial charge in [-0.2, -0.15) is 0 Å². The Kier molecular flexibility index (Phi) is 20.4. The second-order valence-corrected chi connectivity index (χ2v) is 16.7. The molecule has 4 atom stereocenters. The van der Waals surface area contributed by atoms with Crippen molar-refractivity contribution in [1.82, 2.24) is 15.6 Å². The van der Waals surface area contributed by atoms with Crippen LogP contribution in [0.15, 0.2) is 91.2 Å². The third-order valence-electron chi connectivity index (χ3n) is 10.4. The van der Waals surface area contributed by atoms with Crippen LogP contribution in [-0.2, 0) is 46.2 Å². The Labute approximate surface area is 383 Å². The Hall–Kier alpha value is -5.67. The number of fused-ring (bicyclic) bond motifs is 2. The Balaban J connectivity index is 1.55. The topological polar surface area (TPSA) is 165 Å². The summed E-state index contributed by atoms with van der Waals surface area (Å²) >= 11 is 0. The van der Waals surface area contributed by atoms with E-state index in [1.54, 1.807) is 46.1 Å². The number of carbonyl (C=O) groups is 3. The molecular weight excluding hydrogens is 831 g/mol. The monoisotopic (exact) mass is 897 g/mol. The van der Waals surface area contributed by atoms with E-state index in [2.05, 4.69) is 29.5 Å². The second-order valence-electron chi connectivity index (χ2n) is 16.7. The zero-order valence-corrected chi connectivity index (χ0v) is 38.7. The number of rotatable bonds is 20. The summed E-state index contributed by atoms with van der Waals surface area (Å²) in [5, 5.41) is 6.82. The van der Waals surface area contributed by atoms with Crippen LogP contribution >= 0.6 is 0 Å². The molecule has 0 saturated carbocycles. The van der Waals surface area contributed by atoms with E-state index in [1.807, 2.05) is 79.0 Å². The number of hydrogen-bond donors (Lipinski definition) is 3. The van der Waals surface area contributed by atoms with Crippen molar-refractivity contribution in [2.75, 3.05) is 53.3 Å². The molecule has 0 saturated heterocycles. The summed E-state index contributed by atoms with van der Waals surface area (Å²) in [6, 6.07) is 19.7. The normalized spacial score (nSPS) is 18.9. The Bertz CT molecular complexity index is 2140. The molecule has 3 aromatic carbocycles. The molecule has 4 aromatic rings. The van der Waals surface area contributed by atoms with Gasteiger partial charge in [0.25, 0.3) is 0 Å². The minimum Gasteiger partial charge on any atom is -0.497 e. The van der Waals surface area contributed by atoms with E-state index < -0.39 is 42.0 Å². The molecule has 0 radical (unpaired) electrons. The van der Waals surface area contributed by atoms with E-state index in [0.717, 1.165) is 47.7 Å². The van der Waals surface area contributed by atoms with Crippen LogP contribution < -0.4 is 20.1 Å². The Morgan fingerprint density at radius 2 is 1.68 bits per heavy atom. The van der Waals surface area contributed by atoms with Crippen molar-refractivity contribution in [3.05, 3.63) is 113 Å². The summed E-state index contributed by atoms with van der Waals surface area (Å²) in [6.07, 6.45) is 9.26. The number of carbonyl (C=O) groups excluding carboxylic acids is 3. The highest BCUT2D eigenvalue weighted by molar-refractivity contribution is 5.97. The number of unbranched alkanes of at least 4 members (excludes halogenated alkanes) is 2. The average Bonchev–Trinajstić information content (AvgIpc) is 3.69. The molecule has 14 heteroatoms. The van der Waals surface area contributed by atoms with Crippen LogP contribution in [0.5, 0.6) is 11.5 Å². The molecule has 0 fully saturated rings. The number of ether oxygens (including phenoxy) is 8. The van der Waals surface area contributed by atoms with Gasteiger partial charge in [-0.25, -0.2) is 9.59 Å². The lowest BCUT2D eigenvalue weighted by Gasteiger charge is -2.37. The average molecular weight is 898 g/mol. The lowest BCUT2D eigenvalue weighted by Crippen LogP contribution is -2.57. The number of amides is 2. The van der Waals surface area contributed by atoms with Crippen LogP contribution in [0.4, 0.5) is 4.79 Å². The van der Waals surface area contributed by atoms with Crippen LogP contribution in [0.3, 0.4) is 0 Å². The fourth-order valence-corrected chi connectivity index (χ4v) is 7.10. The van der Waals surface area contributed by atoms with Gasteiger partial charge in [0, 0.05) is 30.3 Å². The molecular formula is C51H67N3O11. The van der Waals surface area contributed by atoms with E-state index in [4.69, 9.17) is 37.9 Å². The van der Waals surface area contributed by atoms with Crippen molar-refractivity contribution in [3.63, 3.8) is 0 Å². The maximum absolute atomic E-state index is 14.4. The van der Waals surface area contributed by atoms with Crippen LogP contribution in [0.25, 0.3) is 17.0 Å². The van der Waals surface area contributed by atoms with Crippen molar-refractivity contribution in [1.29, 1.82) is 0 Å². The zero-order valence-electron chi connectivity index (χ0n) is 38.7. The summed E-state index contributed by atoms with van der Waals surface area (Å²) in [4.78, 5) is 44.3. The maximum atomic E-state index is 14.4. The number of nitrogens with one attached hydrogen (secondary N) is 3. The minimum atomic E-state index is -0.986. The van der Waals surface area contributed by atoms with Crippen molar-refractivity contribution in [2.45, 2.75) is 103 Å².